The zero-order valence-electron chi connectivity index (χ0n) is 42.8. The zero-order valence-corrected chi connectivity index (χ0v) is 43.6. The Morgan fingerprint density at radius 1 is 0.662 bits per heavy atom. The molecule has 2 saturated heterocycles. The standard InChI is InChI=1S/C48H89N9O10S/c1-44(2,25-49)29-66-31-46(5,6)27-52-37(59)19-21-48(9,22-20-38(60)53-28-47(7,8)32-67-30-45(3,4)26-50)57-40(62)18-17-39(61)54-33(42(63)64)14-12-13-23-51-36(58)16-11-10-15-35-41-34(24-68-35)55-43(65)56-41/h33-35,41H,10-32,49-50H2,1-9H3,(H,51,58)(H,52,59)(H,53,60)(H,54,61)(H,57,62)(H,63,64)(H2,55,56,65). The van der Waals surface area contributed by atoms with Gasteiger partial charge in [0.2, 0.25) is 29.5 Å². The molecule has 0 aromatic heterocycles. The van der Waals surface area contributed by atoms with Crippen molar-refractivity contribution < 1.29 is 48.1 Å². The van der Waals surface area contributed by atoms with E-state index in [1.807, 2.05) is 67.2 Å². The van der Waals surface area contributed by atoms with Crippen molar-refractivity contribution in [1.82, 2.24) is 37.2 Å². The summed E-state index contributed by atoms with van der Waals surface area (Å²) in [5.74, 6) is -1.91. The van der Waals surface area contributed by atoms with E-state index in [4.69, 9.17) is 20.9 Å². The van der Waals surface area contributed by atoms with E-state index >= 15 is 0 Å². The Morgan fingerprint density at radius 3 is 1.71 bits per heavy atom. The van der Waals surface area contributed by atoms with Crippen LogP contribution < -0.4 is 48.7 Å². The van der Waals surface area contributed by atoms with E-state index in [1.54, 1.807) is 6.92 Å². The van der Waals surface area contributed by atoms with Gasteiger partial charge in [0, 0.05) is 89.9 Å². The second kappa shape index (κ2) is 28.8. The number of nitrogens with one attached hydrogen (secondary N) is 7. The van der Waals surface area contributed by atoms with E-state index in [0.29, 0.717) is 83.7 Å². The van der Waals surface area contributed by atoms with Crippen molar-refractivity contribution in [3.05, 3.63) is 0 Å². The molecule has 0 spiro atoms. The first kappa shape index (κ1) is 60.4. The molecule has 68 heavy (non-hydrogen) atoms. The normalized spacial score (nSPS) is 17.9. The van der Waals surface area contributed by atoms with Gasteiger partial charge in [-0.1, -0.05) is 61.8 Å². The number of nitrogens with two attached hydrogens (primary N) is 2. The highest BCUT2D eigenvalue weighted by molar-refractivity contribution is 8.00. The van der Waals surface area contributed by atoms with Crippen LogP contribution in [0.3, 0.4) is 0 Å². The number of hydrogen-bond donors (Lipinski definition) is 10. The summed E-state index contributed by atoms with van der Waals surface area (Å²) in [6, 6.07) is -0.964. The molecule has 2 rings (SSSR count). The molecule has 0 aromatic carbocycles. The van der Waals surface area contributed by atoms with Gasteiger partial charge in [0.25, 0.3) is 0 Å². The minimum absolute atomic E-state index is 0.0606. The Kier molecular flexibility index (Phi) is 25.6. The van der Waals surface area contributed by atoms with Crippen molar-refractivity contribution in [3.8, 4) is 0 Å². The van der Waals surface area contributed by atoms with Crippen molar-refractivity contribution >= 4 is 53.3 Å². The Balaban J connectivity index is 1.85. The van der Waals surface area contributed by atoms with Crippen molar-refractivity contribution in [2.45, 2.75) is 175 Å². The largest absolute Gasteiger partial charge is 0.480 e. The van der Waals surface area contributed by atoms with Gasteiger partial charge in [-0.05, 0) is 65.0 Å². The third kappa shape index (κ3) is 25.2. The number of fused-ring (bicyclic) bond motifs is 1. The molecule has 2 aliphatic heterocycles. The van der Waals surface area contributed by atoms with E-state index in [9.17, 15) is 38.7 Å². The molecule has 0 bridgehead atoms. The number of carboxylic acids is 1. The highest BCUT2D eigenvalue weighted by atomic mass is 32.2. The second-order valence-electron chi connectivity index (χ2n) is 22.4. The number of ether oxygens (including phenoxy) is 2. The van der Waals surface area contributed by atoms with E-state index in [-0.39, 0.29) is 102 Å². The molecule has 0 aromatic rings. The maximum Gasteiger partial charge on any atom is 0.326 e. The Bertz CT molecular complexity index is 1590. The maximum absolute atomic E-state index is 13.4. The molecule has 392 valence electrons. The molecule has 19 nitrogen and oxygen atoms in total. The van der Waals surface area contributed by atoms with Crippen LogP contribution in [0.15, 0.2) is 0 Å². The summed E-state index contributed by atoms with van der Waals surface area (Å²) < 4.78 is 11.8. The fourth-order valence-electron chi connectivity index (χ4n) is 7.52. The van der Waals surface area contributed by atoms with Crippen LogP contribution in [-0.2, 0) is 38.2 Å². The molecular weight excluding hydrogens is 895 g/mol. The minimum atomic E-state index is -1.20. The van der Waals surface area contributed by atoms with Gasteiger partial charge in [0.05, 0.1) is 38.5 Å². The summed E-state index contributed by atoms with van der Waals surface area (Å²) in [4.78, 5) is 88.6. The summed E-state index contributed by atoms with van der Waals surface area (Å²) in [5.41, 5.74) is 9.61. The molecule has 12 N–H and O–H groups in total. The number of carbonyl (C=O) groups excluding carboxylic acids is 6. The van der Waals surface area contributed by atoms with E-state index in [1.165, 1.54) is 0 Å². The number of rotatable bonds is 36. The van der Waals surface area contributed by atoms with Crippen LogP contribution in [-0.4, -0.2) is 140 Å². The SMILES string of the molecule is CC(C)(CN)COCC(C)(C)CNC(=O)CCC(C)(CCC(=O)NCC(C)(C)COCC(C)(C)CN)NC(=O)CCC(=O)NC(CCCCNC(=O)CCCCC1SCC2NC(=O)NC21)C(=O)O. The first-order chi connectivity index (χ1) is 31.7. The van der Waals surface area contributed by atoms with Crippen LogP contribution in [0.2, 0.25) is 0 Å². The molecular formula is C48H89N9O10S. The Labute approximate surface area is 410 Å². The van der Waals surface area contributed by atoms with Crippen molar-refractivity contribution in [3.63, 3.8) is 0 Å². The van der Waals surface area contributed by atoms with E-state index < -0.39 is 29.4 Å². The van der Waals surface area contributed by atoms with Gasteiger partial charge < -0.3 is 63.3 Å². The van der Waals surface area contributed by atoms with Gasteiger partial charge in [0.15, 0.2) is 0 Å². The lowest BCUT2D eigenvalue weighted by Crippen LogP contribution is -2.48. The van der Waals surface area contributed by atoms with Crippen LogP contribution in [0.25, 0.3) is 0 Å². The van der Waals surface area contributed by atoms with Crippen LogP contribution in [0.5, 0.6) is 0 Å². The van der Waals surface area contributed by atoms with Crippen LogP contribution in [0.1, 0.15) is 146 Å². The monoisotopic (exact) mass is 984 g/mol. The summed E-state index contributed by atoms with van der Waals surface area (Å²) >= 11 is 1.84. The topological polar surface area (TPSA) is 294 Å². The Morgan fingerprint density at radius 2 is 1.18 bits per heavy atom. The molecule has 20 heteroatoms. The van der Waals surface area contributed by atoms with E-state index in [2.05, 4.69) is 37.2 Å². The molecule has 0 saturated carbocycles. The van der Waals surface area contributed by atoms with Crippen LogP contribution in [0.4, 0.5) is 4.79 Å². The predicted molar refractivity (Wildman–Crippen MR) is 266 cm³/mol. The lowest BCUT2D eigenvalue weighted by Gasteiger charge is -2.32. The van der Waals surface area contributed by atoms with Gasteiger partial charge in [-0.3, -0.25) is 24.0 Å². The number of thioether (sulfide) groups is 1. The lowest BCUT2D eigenvalue weighted by atomic mass is 9.89. The van der Waals surface area contributed by atoms with Crippen LogP contribution in [0, 0.1) is 21.7 Å². The van der Waals surface area contributed by atoms with Gasteiger partial charge in [-0.15, -0.1) is 0 Å². The quantitative estimate of drug-likeness (QED) is 0.0320. The van der Waals surface area contributed by atoms with Crippen molar-refractivity contribution in [1.29, 1.82) is 0 Å². The smallest absolute Gasteiger partial charge is 0.326 e. The second-order valence-corrected chi connectivity index (χ2v) is 23.7. The zero-order chi connectivity index (χ0) is 51.2. The van der Waals surface area contributed by atoms with Crippen LogP contribution >= 0.6 is 11.8 Å². The molecule has 7 amide bonds. The van der Waals surface area contributed by atoms with Crippen molar-refractivity contribution in [2.24, 2.45) is 33.1 Å². The van der Waals surface area contributed by atoms with Gasteiger partial charge in [0.1, 0.15) is 6.04 Å². The molecule has 2 heterocycles. The molecule has 2 aliphatic rings. The number of carboxylic acid groups (broad SMARTS) is 1. The van der Waals surface area contributed by atoms with Crippen molar-refractivity contribution in [2.75, 3.05) is 64.9 Å². The molecule has 0 aliphatic carbocycles. The fourth-order valence-corrected chi connectivity index (χ4v) is 9.07. The predicted octanol–water partition coefficient (Wildman–Crippen LogP) is 3.07. The minimum Gasteiger partial charge on any atom is -0.480 e. The summed E-state index contributed by atoms with van der Waals surface area (Å²) in [7, 11) is 0. The maximum atomic E-state index is 13.4. The third-order valence-electron chi connectivity index (χ3n) is 12.4. The molecule has 4 unspecified atom stereocenters. The number of urea groups is 1. The van der Waals surface area contributed by atoms with E-state index in [0.717, 1.165) is 25.0 Å². The average molecular weight is 984 g/mol. The number of aliphatic carboxylic acids is 1. The fraction of sp³-hybridized carbons (Fsp3) is 0.854. The summed E-state index contributed by atoms with van der Waals surface area (Å²) in [6.07, 6.45) is 4.06. The van der Waals surface area contributed by atoms with Gasteiger partial charge in [-0.2, -0.15) is 11.8 Å². The summed E-state index contributed by atoms with van der Waals surface area (Å²) in [6.45, 7) is 21.7. The molecule has 4 atom stereocenters. The van der Waals surface area contributed by atoms with Gasteiger partial charge in [-0.25, -0.2) is 9.59 Å². The average Bonchev–Trinajstić information content (AvgIpc) is 3.82. The summed E-state index contributed by atoms with van der Waals surface area (Å²) in [5, 5.41) is 30.4. The highest BCUT2D eigenvalue weighted by Gasteiger charge is 2.42. The highest BCUT2D eigenvalue weighted by Crippen LogP contribution is 2.33. The number of carbonyl (C=O) groups is 7. The molecule has 2 fully saturated rings. The Hall–Kier alpha value is -3.72. The van der Waals surface area contributed by atoms with Gasteiger partial charge >= 0.3 is 12.0 Å². The molecule has 0 radical (unpaired) electrons. The number of hydrogen-bond acceptors (Lipinski definition) is 12. The number of amides is 7. The lowest BCUT2D eigenvalue weighted by molar-refractivity contribution is -0.142. The first-order valence-electron chi connectivity index (χ1n) is 24.6. The first-order valence-corrected chi connectivity index (χ1v) is 25.6. The number of unbranched alkanes of at least 4 members (excludes halogenated alkanes) is 2. The third-order valence-corrected chi connectivity index (χ3v) is 13.9.